The largest absolute Gasteiger partial charge is 0.464 e. The minimum absolute atomic E-state index is 0.132. The van der Waals surface area contributed by atoms with Gasteiger partial charge >= 0.3 is 5.97 Å². The van der Waals surface area contributed by atoms with Gasteiger partial charge in [0.15, 0.2) is 11.5 Å². The average Bonchev–Trinajstić information content (AvgIpc) is 2.54. The van der Waals surface area contributed by atoms with Crippen LogP contribution in [0.25, 0.3) is 11.0 Å². The molecule has 2 heterocycles. The van der Waals surface area contributed by atoms with Crippen molar-refractivity contribution in [2.75, 3.05) is 44.1 Å². The van der Waals surface area contributed by atoms with E-state index >= 15 is 0 Å². The minimum Gasteiger partial charge on any atom is -0.464 e. The molecule has 0 radical (unpaired) electrons. The van der Waals surface area contributed by atoms with Gasteiger partial charge in [-0.3, -0.25) is 0 Å². The number of ether oxygens (including phenoxy) is 1. The van der Waals surface area contributed by atoms with E-state index in [2.05, 4.69) is 15.0 Å². The fraction of sp³-hybridized carbons (Fsp3) is 0.467. The Labute approximate surface area is 140 Å². The summed E-state index contributed by atoms with van der Waals surface area (Å²) in [6, 6.07) is 1.47. The molecule has 124 valence electrons. The molecule has 0 N–H and O–H groups in total. The Kier molecular flexibility index (Phi) is 5.20. The quantitative estimate of drug-likeness (QED) is 0.775. The first-order valence-electron chi connectivity index (χ1n) is 7.31. The van der Waals surface area contributed by atoms with Crippen LogP contribution in [0.4, 0.5) is 11.8 Å². The van der Waals surface area contributed by atoms with Crippen LogP contribution in [-0.2, 0) is 4.74 Å². The molecule has 23 heavy (non-hydrogen) atoms. The van der Waals surface area contributed by atoms with Gasteiger partial charge in [-0.1, -0.05) is 11.6 Å². The topological polar surface area (TPSA) is 71.5 Å². The molecule has 0 bridgehead atoms. The molecule has 0 aliphatic rings. The number of hydrogen-bond acceptors (Lipinski definition) is 7. The highest BCUT2D eigenvalue weighted by Gasteiger charge is 2.19. The minimum atomic E-state index is -0.550. The molecule has 8 heteroatoms. The highest BCUT2D eigenvalue weighted by Crippen LogP contribution is 2.29. The van der Waals surface area contributed by atoms with Gasteiger partial charge in [0, 0.05) is 27.2 Å². The summed E-state index contributed by atoms with van der Waals surface area (Å²) in [6.07, 6.45) is 0. The number of anilines is 2. The zero-order valence-corrected chi connectivity index (χ0v) is 14.7. The summed E-state index contributed by atoms with van der Waals surface area (Å²) in [5.41, 5.74) is 1.12. The molecule has 0 spiro atoms. The highest BCUT2D eigenvalue weighted by atomic mass is 35.5. The summed E-state index contributed by atoms with van der Waals surface area (Å²) >= 11 is 6.33. The second kappa shape index (κ2) is 6.95. The first kappa shape index (κ1) is 17.2. The van der Waals surface area contributed by atoms with Crippen LogP contribution in [-0.4, -0.2) is 55.2 Å². The normalized spacial score (nSPS) is 10.7. The van der Waals surface area contributed by atoms with Gasteiger partial charge in [-0.2, -0.15) is 4.98 Å². The molecule has 0 aliphatic carbocycles. The number of esters is 1. The number of fused-ring (bicyclic) bond motifs is 1. The molecule has 0 aromatic carbocycles. The molecule has 2 aromatic rings. The Balaban J connectivity index is 2.77. The maximum atomic E-state index is 11.8. The molecular weight excluding hydrogens is 318 g/mol. The van der Waals surface area contributed by atoms with E-state index in [0.717, 1.165) is 13.1 Å². The number of rotatable bonds is 5. The third-order valence-corrected chi connectivity index (χ3v) is 3.73. The number of methoxy groups -OCH3 is 1. The van der Waals surface area contributed by atoms with Gasteiger partial charge in [-0.05, 0) is 19.9 Å². The first-order valence-corrected chi connectivity index (χ1v) is 7.69. The van der Waals surface area contributed by atoms with E-state index < -0.39 is 5.97 Å². The van der Waals surface area contributed by atoms with Crippen LogP contribution in [0.3, 0.4) is 0 Å². The van der Waals surface area contributed by atoms with Crippen LogP contribution >= 0.6 is 11.6 Å². The summed E-state index contributed by atoms with van der Waals surface area (Å²) in [5, 5.41) is 0.342. The van der Waals surface area contributed by atoms with E-state index in [1.807, 2.05) is 37.7 Å². The second-order valence-corrected chi connectivity index (χ2v) is 5.50. The highest BCUT2D eigenvalue weighted by molar-refractivity contribution is 6.35. The summed E-state index contributed by atoms with van der Waals surface area (Å²) in [6.45, 7) is 5.62. The van der Waals surface area contributed by atoms with Crippen molar-refractivity contribution in [3.63, 3.8) is 0 Å². The van der Waals surface area contributed by atoms with Crippen molar-refractivity contribution in [3.05, 3.63) is 16.8 Å². The monoisotopic (exact) mass is 337 g/mol. The van der Waals surface area contributed by atoms with E-state index in [0.29, 0.717) is 27.8 Å². The summed E-state index contributed by atoms with van der Waals surface area (Å²) in [5.74, 6) is 0.636. The number of carbonyl (C=O) groups is 1. The van der Waals surface area contributed by atoms with Crippen molar-refractivity contribution >= 4 is 40.4 Å². The number of nitrogens with zero attached hydrogens (tertiary/aromatic N) is 5. The van der Waals surface area contributed by atoms with Gasteiger partial charge < -0.3 is 14.5 Å². The summed E-state index contributed by atoms with van der Waals surface area (Å²) in [7, 11) is 5.01. The van der Waals surface area contributed by atoms with Crippen LogP contribution in [0.1, 0.15) is 24.3 Å². The lowest BCUT2D eigenvalue weighted by molar-refractivity contribution is 0.0594. The van der Waals surface area contributed by atoms with Crippen molar-refractivity contribution in [1.29, 1.82) is 0 Å². The third kappa shape index (κ3) is 3.29. The molecule has 0 amide bonds. The molecule has 7 nitrogen and oxygen atoms in total. The van der Waals surface area contributed by atoms with Crippen molar-refractivity contribution in [3.8, 4) is 0 Å². The van der Waals surface area contributed by atoms with Gasteiger partial charge in [0.2, 0.25) is 5.95 Å². The number of aromatic nitrogens is 3. The van der Waals surface area contributed by atoms with Crippen LogP contribution in [0.2, 0.25) is 5.02 Å². The van der Waals surface area contributed by atoms with Crippen molar-refractivity contribution in [1.82, 2.24) is 15.0 Å². The van der Waals surface area contributed by atoms with E-state index in [-0.39, 0.29) is 5.69 Å². The van der Waals surface area contributed by atoms with Gasteiger partial charge in [0.1, 0.15) is 11.0 Å². The fourth-order valence-corrected chi connectivity index (χ4v) is 2.45. The summed E-state index contributed by atoms with van der Waals surface area (Å²) < 4.78 is 4.71. The SMILES string of the molecule is CCN(CC)c1nc(N(C)C)c2nc(C(=O)OC)cc(Cl)c2n1. The number of hydrogen-bond donors (Lipinski definition) is 0. The Morgan fingerprint density at radius 1 is 1.17 bits per heavy atom. The zero-order valence-electron chi connectivity index (χ0n) is 13.9. The lowest BCUT2D eigenvalue weighted by Crippen LogP contribution is -2.25. The number of carbonyl (C=O) groups excluding carboxylic acids is 1. The van der Waals surface area contributed by atoms with Crippen LogP contribution in [0, 0.1) is 0 Å². The molecule has 0 aliphatic heterocycles. The predicted octanol–water partition coefficient (Wildman–Crippen LogP) is 2.38. The van der Waals surface area contributed by atoms with Crippen molar-refractivity contribution in [2.24, 2.45) is 0 Å². The molecule has 0 unspecified atom stereocenters. The van der Waals surface area contributed by atoms with Crippen LogP contribution < -0.4 is 9.80 Å². The van der Waals surface area contributed by atoms with Gasteiger partial charge in [-0.15, -0.1) is 0 Å². The van der Waals surface area contributed by atoms with Gasteiger partial charge in [0.05, 0.1) is 12.1 Å². The van der Waals surface area contributed by atoms with Gasteiger partial charge in [0.25, 0.3) is 0 Å². The third-order valence-electron chi connectivity index (χ3n) is 3.44. The van der Waals surface area contributed by atoms with E-state index in [1.165, 1.54) is 13.2 Å². The van der Waals surface area contributed by atoms with Crippen molar-refractivity contribution < 1.29 is 9.53 Å². The first-order chi connectivity index (χ1) is 10.9. The predicted molar refractivity (Wildman–Crippen MR) is 91.6 cm³/mol. The Morgan fingerprint density at radius 2 is 1.83 bits per heavy atom. The number of halogens is 1. The van der Waals surface area contributed by atoms with Crippen LogP contribution in [0.15, 0.2) is 6.07 Å². The Hall–Kier alpha value is -2.15. The fourth-order valence-electron chi connectivity index (χ4n) is 2.21. The van der Waals surface area contributed by atoms with Crippen molar-refractivity contribution in [2.45, 2.75) is 13.8 Å². The summed E-state index contributed by atoms with van der Waals surface area (Å²) in [4.78, 5) is 29.0. The lowest BCUT2D eigenvalue weighted by Gasteiger charge is -2.22. The Morgan fingerprint density at radius 3 is 2.35 bits per heavy atom. The molecule has 2 aromatic heterocycles. The molecule has 0 saturated carbocycles. The molecular formula is C15H20ClN5O2. The van der Waals surface area contributed by atoms with Gasteiger partial charge in [-0.25, -0.2) is 14.8 Å². The Bertz CT molecular complexity index is 731. The zero-order chi connectivity index (χ0) is 17.1. The smallest absolute Gasteiger partial charge is 0.356 e. The van der Waals surface area contributed by atoms with E-state index in [4.69, 9.17) is 16.3 Å². The number of pyridine rings is 1. The van der Waals surface area contributed by atoms with Crippen LogP contribution in [0.5, 0.6) is 0 Å². The standard InChI is InChI=1S/C15H20ClN5O2/c1-6-21(7-2)15-18-11-9(16)8-10(14(22)23-5)17-12(11)13(19-15)20(3)4/h8H,6-7H2,1-5H3. The lowest BCUT2D eigenvalue weighted by atomic mass is 10.2. The van der Waals surface area contributed by atoms with E-state index in [1.54, 1.807) is 0 Å². The maximum Gasteiger partial charge on any atom is 0.356 e. The molecule has 2 rings (SSSR count). The van der Waals surface area contributed by atoms with E-state index in [9.17, 15) is 4.79 Å². The second-order valence-electron chi connectivity index (χ2n) is 5.09. The average molecular weight is 338 g/mol. The molecule has 0 fully saturated rings. The molecule has 0 saturated heterocycles. The maximum absolute atomic E-state index is 11.8. The molecule has 0 atom stereocenters.